The molecule has 0 spiro atoms. The maximum absolute atomic E-state index is 14.4. The number of benzene rings is 2. The summed E-state index contributed by atoms with van der Waals surface area (Å²) >= 11 is 0. The van der Waals surface area contributed by atoms with Gasteiger partial charge in [-0.25, -0.2) is 8.78 Å². The summed E-state index contributed by atoms with van der Waals surface area (Å²) in [7, 11) is 3.19. The fourth-order valence-electron chi connectivity index (χ4n) is 4.09. The van der Waals surface area contributed by atoms with Crippen molar-refractivity contribution >= 4 is 5.69 Å². The van der Waals surface area contributed by atoms with Crippen LogP contribution in [0.1, 0.15) is 29.5 Å². The number of rotatable bonds is 3. The molecule has 5 heteroatoms. The predicted molar refractivity (Wildman–Crippen MR) is 92.3 cm³/mol. The molecule has 3 nitrogen and oxygen atoms in total. The molecule has 1 aliphatic heterocycles. The minimum absolute atomic E-state index is 0.0256. The maximum Gasteiger partial charge on any atom is 0.165 e. The number of nitrogens with one attached hydrogen (secondary N) is 1. The van der Waals surface area contributed by atoms with Gasteiger partial charge >= 0.3 is 0 Å². The van der Waals surface area contributed by atoms with Gasteiger partial charge in [0.05, 0.1) is 25.9 Å². The summed E-state index contributed by atoms with van der Waals surface area (Å²) in [6.45, 7) is 0. The van der Waals surface area contributed by atoms with E-state index >= 15 is 0 Å². The Bertz CT molecular complexity index is 850. The molecule has 0 unspecified atom stereocenters. The molecule has 130 valence electrons. The van der Waals surface area contributed by atoms with E-state index in [-0.39, 0.29) is 17.9 Å². The van der Waals surface area contributed by atoms with E-state index in [0.29, 0.717) is 22.7 Å². The number of allylic oxidation sites excluding steroid dienone is 2. The van der Waals surface area contributed by atoms with Crippen molar-refractivity contribution in [2.45, 2.75) is 18.4 Å². The van der Waals surface area contributed by atoms with Crippen LogP contribution >= 0.6 is 0 Å². The van der Waals surface area contributed by atoms with Gasteiger partial charge in [0.25, 0.3) is 0 Å². The van der Waals surface area contributed by atoms with Crippen LogP contribution in [-0.2, 0) is 0 Å². The van der Waals surface area contributed by atoms with Gasteiger partial charge in [-0.05, 0) is 30.0 Å². The highest BCUT2D eigenvalue weighted by Gasteiger charge is 2.40. The molecule has 0 saturated heterocycles. The van der Waals surface area contributed by atoms with Crippen molar-refractivity contribution < 1.29 is 18.3 Å². The Kier molecular flexibility index (Phi) is 3.86. The lowest BCUT2D eigenvalue weighted by molar-refractivity contribution is 0.340. The summed E-state index contributed by atoms with van der Waals surface area (Å²) in [4.78, 5) is 0. The van der Waals surface area contributed by atoms with E-state index in [1.807, 2.05) is 24.3 Å². The van der Waals surface area contributed by atoms with Gasteiger partial charge in [0, 0.05) is 17.5 Å². The lowest BCUT2D eigenvalue weighted by Crippen LogP contribution is -2.30. The Balaban J connectivity index is 1.85. The Morgan fingerprint density at radius 3 is 2.68 bits per heavy atom. The number of methoxy groups -OCH3 is 2. The average molecular weight is 343 g/mol. The molecule has 1 heterocycles. The molecular weight excluding hydrogens is 324 g/mol. The number of ether oxygens (including phenoxy) is 2. The first kappa shape index (κ1) is 15.9. The van der Waals surface area contributed by atoms with Gasteiger partial charge in [0.2, 0.25) is 0 Å². The lowest BCUT2D eigenvalue weighted by Gasteiger charge is -2.38. The lowest BCUT2D eigenvalue weighted by atomic mass is 9.76. The van der Waals surface area contributed by atoms with Crippen LogP contribution in [0.25, 0.3) is 0 Å². The summed E-state index contributed by atoms with van der Waals surface area (Å²) in [5, 5.41) is 3.29. The molecule has 0 fully saturated rings. The van der Waals surface area contributed by atoms with E-state index in [1.54, 1.807) is 14.2 Å². The zero-order chi connectivity index (χ0) is 17.6. The number of hydrogen-bond acceptors (Lipinski definition) is 3. The zero-order valence-corrected chi connectivity index (χ0v) is 14.1. The largest absolute Gasteiger partial charge is 0.493 e. The Hall–Kier alpha value is -2.56. The Labute approximate surface area is 145 Å². The van der Waals surface area contributed by atoms with Crippen molar-refractivity contribution in [2.24, 2.45) is 5.92 Å². The van der Waals surface area contributed by atoms with Gasteiger partial charge in [-0.2, -0.15) is 0 Å². The molecule has 25 heavy (non-hydrogen) atoms. The summed E-state index contributed by atoms with van der Waals surface area (Å²) in [6, 6.07) is 7.88. The highest BCUT2D eigenvalue weighted by atomic mass is 19.1. The average Bonchev–Trinajstić information content (AvgIpc) is 3.10. The summed E-state index contributed by atoms with van der Waals surface area (Å²) in [5.74, 6) is 0.293. The van der Waals surface area contributed by atoms with Crippen LogP contribution < -0.4 is 14.8 Å². The zero-order valence-electron chi connectivity index (χ0n) is 14.1. The first-order valence-corrected chi connectivity index (χ1v) is 8.27. The predicted octanol–water partition coefficient (Wildman–Crippen LogP) is 4.81. The van der Waals surface area contributed by atoms with E-state index in [0.717, 1.165) is 18.1 Å². The molecule has 2 aromatic rings. The standard InChI is InChI=1S/C20H19F2NO2/c1-24-17-8-4-7-14(20(17)25-2)18-13-6-3-5-12(13)15-9-11(21)10-16(22)19(15)23-18/h3-5,7-10,12-13,18,23H,6H2,1-2H3/t12-,13-,18+/m0/s1. The Morgan fingerprint density at radius 2 is 1.92 bits per heavy atom. The molecule has 3 atom stereocenters. The van der Waals surface area contributed by atoms with Gasteiger partial charge in [0.15, 0.2) is 11.5 Å². The third kappa shape index (κ3) is 2.46. The van der Waals surface area contributed by atoms with Gasteiger partial charge in [-0.1, -0.05) is 24.3 Å². The Morgan fingerprint density at radius 1 is 1.08 bits per heavy atom. The van der Waals surface area contributed by atoms with Crippen LogP contribution in [0.3, 0.4) is 0 Å². The number of anilines is 1. The summed E-state index contributed by atoms with van der Waals surface area (Å²) in [6.07, 6.45) is 4.96. The van der Waals surface area contributed by atoms with E-state index in [1.165, 1.54) is 6.07 Å². The first-order valence-electron chi connectivity index (χ1n) is 8.27. The van der Waals surface area contributed by atoms with Gasteiger partial charge in [-0.15, -0.1) is 0 Å². The van der Waals surface area contributed by atoms with Crippen LogP contribution in [0.15, 0.2) is 42.5 Å². The first-order chi connectivity index (χ1) is 12.1. The molecule has 1 aliphatic carbocycles. The number of fused-ring (bicyclic) bond motifs is 3. The second kappa shape index (κ2) is 6.06. The minimum atomic E-state index is -0.569. The number of hydrogen-bond donors (Lipinski definition) is 1. The molecule has 4 rings (SSSR count). The second-order valence-corrected chi connectivity index (χ2v) is 6.41. The molecule has 0 radical (unpaired) electrons. The van der Waals surface area contributed by atoms with Crippen LogP contribution in [0.2, 0.25) is 0 Å². The van der Waals surface area contributed by atoms with Crippen molar-refractivity contribution in [1.82, 2.24) is 0 Å². The number of para-hydroxylation sites is 1. The smallest absolute Gasteiger partial charge is 0.165 e. The van der Waals surface area contributed by atoms with Crippen LogP contribution in [-0.4, -0.2) is 14.2 Å². The topological polar surface area (TPSA) is 30.5 Å². The van der Waals surface area contributed by atoms with Crippen molar-refractivity contribution in [2.75, 3.05) is 19.5 Å². The molecular formula is C20H19F2NO2. The molecule has 0 saturated carbocycles. The SMILES string of the molecule is COc1cccc([C@@H]2Nc3c(F)cc(F)cc3[C@H]3C=CC[C@@H]32)c1OC. The third-order valence-electron chi connectivity index (χ3n) is 5.15. The molecule has 0 bridgehead atoms. The quantitative estimate of drug-likeness (QED) is 0.812. The van der Waals surface area contributed by atoms with E-state index in [9.17, 15) is 8.78 Å². The fourth-order valence-corrected chi connectivity index (χ4v) is 4.09. The van der Waals surface area contributed by atoms with E-state index in [2.05, 4.69) is 11.4 Å². The highest BCUT2D eigenvalue weighted by molar-refractivity contribution is 5.62. The van der Waals surface area contributed by atoms with Crippen LogP contribution in [0, 0.1) is 17.6 Å². The minimum Gasteiger partial charge on any atom is -0.493 e. The fraction of sp³-hybridized carbons (Fsp3) is 0.300. The maximum atomic E-state index is 14.4. The third-order valence-corrected chi connectivity index (χ3v) is 5.15. The monoisotopic (exact) mass is 343 g/mol. The van der Waals surface area contributed by atoms with Crippen molar-refractivity contribution in [1.29, 1.82) is 0 Å². The molecule has 2 aromatic carbocycles. The van der Waals surface area contributed by atoms with Crippen LogP contribution in [0.4, 0.5) is 14.5 Å². The van der Waals surface area contributed by atoms with Gasteiger partial charge < -0.3 is 14.8 Å². The van der Waals surface area contributed by atoms with Crippen molar-refractivity contribution in [3.8, 4) is 11.5 Å². The van der Waals surface area contributed by atoms with E-state index < -0.39 is 11.6 Å². The summed E-state index contributed by atoms with van der Waals surface area (Å²) < 4.78 is 39.1. The van der Waals surface area contributed by atoms with E-state index in [4.69, 9.17) is 9.47 Å². The van der Waals surface area contributed by atoms with Gasteiger partial charge in [0.1, 0.15) is 11.6 Å². The van der Waals surface area contributed by atoms with Crippen molar-refractivity contribution in [3.05, 3.63) is 65.2 Å². The summed E-state index contributed by atoms with van der Waals surface area (Å²) in [5.41, 5.74) is 1.95. The molecule has 0 aromatic heterocycles. The van der Waals surface area contributed by atoms with Gasteiger partial charge in [-0.3, -0.25) is 0 Å². The second-order valence-electron chi connectivity index (χ2n) is 6.41. The molecule has 0 amide bonds. The number of halogens is 2. The van der Waals surface area contributed by atoms with Crippen LogP contribution in [0.5, 0.6) is 11.5 Å². The van der Waals surface area contributed by atoms with Crippen molar-refractivity contribution in [3.63, 3.8) is 0 Å². The normalized spacial score (nSPS) is 23.6. The molecule has 2 aliphatic rings. The highest BCUT2D eigenvalue weighted by Crippen LogP contribution is 2.52. The molecule has 1 N–H and O–H groups in total.